The molecule has 0 aliphatic carbocycles. The maximum Gasteiger partial charge on any atom is 2.00 e. The molecule has 17 heavy (non-hydrogen) atoms. The van der Waals surface area contributed by atoms with Gasteiger partial charge in [0, 0.05) is 0 Å². The van der Waals surface area contributed by atoms with Crippen LogP contribution in [0.15, 0.2) is 60.7 Å². The number of hydrogen-bond donors (Lipinski definition) is 2. The van der Waals surface area contributed by atoms with Gasteiger partial charge in [-0.3, -0.25) is 0 Å². The Morgan fingerprint density at radius 3 is 0.941 bits per heavy atom. The molecule has 0 aliphatic heterocycles. The van der Waals surface area contributed by atoms with Gasteiger partial charge in [-0.2, -0.15) is 46.9 Å². The summed E-state index contributed by atoms with van der Waals surface area (Å²) in [4.78, 5) is 0. The van der Waals surface area contributed by atoms with E-state index in [1.165, 1.54) is 0 Å². The number of aliphatic hydroxyl groups excluding tert-OH is 2. The largest absolute Gasteiger partial charge is 2.00 e. The Hall–Kier alpha value is -2.01. The minimum absolute atomic E-state index is 0. The third-order valence-corrected chi connectivity index (χ3v) is 1.11. The predicted octanol–water partition coefficient (Wildman–Crippen LogP) is 2.49. The van der Waals surface area contributed by atoms with Crippen LogP contribution in [0.3, 0.4) is 0 Å². The molecule has 0 bridgehead atoms. The second kappa shape index (κ2) is 23.7. The maximum absolute atomic E-state index is 6.88. The van der Waals surface area contributed by atoms with E-state index >= 15 is 0 Å². The normalized spacial score (nSPS) is 5.53. The van der Waals surface area contributed by atoms with E-state index in [4.69, 9.17) is 20.7 Å². The van der Waals surface area contributed by atoms with Crippen molar-refractivity contribution in [1.29, 1.82) is 10.5 Å². The Balaban J connectivity index is -0.000000157. The van der Waals surface area contributed by atoms with Gasteiger partial charge in [0.15, 0.2) is 0 Å². The number of rotatable bonds is 0. The summed E-state index contributed by atoms with van der Waals surface area (Å²) >= 11 is 0. The quantitative estimate of drug-likeness (QED) is 0.434. The Labute approximate surface area is 116 Å². The molecule has 0 spiro atoms. The van der Waals surface area contributed by atoms with Crippen molar-refractivity contribution in [2.24, 2.45) is 0 Å². The van der Waals surface area contributed by atoms with Crippen molar-refractivity contribution in [2.75, 3.05) is 0 Å². The third kappa shape index (κ3) is 31.5. The first-order valence-electron chi connectivity index (χ1n) is 4.23. The molecule has 86 valence electrons. The van der Waals surface area contributed by atoms with Gasteiger partial charge in [-0.05, 0) is 0 Å². The van der Waals surface area contributed by atoms with Crippen molar-refractivity contribution in [3.63, 3.8) is 0 Å². The van der Waals surface area contributed by atoms with Crippen LogP contribution in [0, 0.1) is 23.0 Å². The van der Waals surface area contributed by atoms with Gasteiger partial charge in [-0.25, -0.2) is 24.3 Å². The first-order chi connectivity index (χ1) is 7.83. The molecule has 0 aliphatic rings. The van der Waals surface area contributed by atoms with Gasteiger partial charge in [-0.1, -0.05) is 0 Å². The summed E-state index contributed by atoms with van der Waals surface area (Å²) in [6, 6.07) is 20.0. The van der Waals surface area contributed by atoms with Crippen molar-refractivity contribution < 1.29 is 31.9 Å². The Kier molecular flexibility index (Phi) is 28.4. The van der Waals surface area contributed by atoms with Crippen molar-refractivity contribution >= 4 is 0 Å². The summed E-state index contributed by atoms with van der Waals surface area (Å²) in [7, 11) is 0. The first kappa shape index (κ1) is 20.4. The van der Waals surface area contributed by atoms with Gasteiger partial charge in [-0.15, -0.1) is 0 Å². The molecule has 0 radical (unpaired) electrons. The van der Waals surface area contributed by atoms with Crippen LogP contribution in [-0.4, -0.2) is 10.2 Å². The van der Waals surface area contributed by atoms with Crippen molar-refractivity contribution in [3.05, 3.63) is 60.7 Å². The van der Waals surface area contributed by atoms with Crippen LogP contribution < -0.4 is 0 Å². The van der Waals surface area contributed by atoms with Crippen molar-refractivity contribution in [3.8, 4) is 12.5 Å². The predicted molar refractivity (Wildman–Crippen MR) is 59.2 cm³/mol. The number of nitriles is 2. The molecular formula is C12H12N2O2Ti. The number of aliphatic hydroxyl groups is 2. The smallest absolute Gasteiger partial charge is 0.443 e. The van der Waals surface area contributed by atoms with Crippen molar-refractivity contribution in [2.45, 2.75) is 0 Å². The second-order valence-electron chi connectivity index (χ2n) is 2.12. The fourth-order valence-corrected chi connectivity index (χ4v) is 0.642. The van der Waals surface area contributed by atoms with Crippen LogP contribution in [0.5, 0.6) is 0 Å². The van der Waals surface area contributed by atoms with Crippen LogP contribution in [0.2, 0.25) is 0 Å². The average Bonchev–Trinajstić information content (AvgIpc) is 3.00. The van der Waals surface area contributed by atoms with E-state index < -0.39 is 0 Å². The first-order valence-corrected chi connectivity index (χ1v) is 4.23. The second-order valence-corrected chi connectivity index (χ2v) is 2.12. The maximum atomic E-state index is 6.88. The Morgan fingerprint density at radius 2 is 0.882 bits per heavy atom. The molecule has 0 heterocycles. The Morgan fingerprint density at radius 1 is 0.706 bits per heavy atom. The van der Waals surface area contributed by atoms with E-state index in [1.807, 2.05) is 60.7 Å². The van der Waals surface area contributed by atoms with E-state index in [0.717, 1.165) is 12.5 Å². The molecular weight excluding hydrogens is 252 g/mol. The summed E-state index contributed by atoms with van der Waals surface area (Å²) in [5.41, 5.74) is 0. The van der Waals surface area contributed by atoms with Gasteiger partial charge < -0.3 is 10.2 Å². The molecule has 0 saturated heterocycles. The molecule has 0 amide bonds. The molecule has 0 atom stereocenters. The van der Waals surface area contributed by atoms with E-state index in [0.29, 0.717) is 0 Å². The van der Waals surface area contributed by atoms with Crippen molar-refractivity contribution in [1.82, 2.24) is 0 Å². The Bertz CT molecular complexity index is 285. The van der Waals surface area contributed by atoms with Crippen LogP contribution in [0.25, 0.3) is 0 Å². The zero-order valence-electron chi connectivity index (χ0n) is 9.06. The fourth-order valence-electron chi connectivity index (χ4n) is 0.642. The molecule has 2 aromatic carbocycles. The van der Waals surface area contributed by atoms with E-state index in [9.17, 15) is 0 Å². The summed E-state index contributed by atoms with van der Waals surface area (Å²) in [6.45, 7) is 0. The summed E-state index contributed by atoms with van der Waals surface area (Å²) in [5, 5.41) is 27.5. The van der Waals surface area contributed by atoms with Gasteiger partial charge in [0.2, 0.25) is 0 Å². The molecule has 0 unspecified atom stereocenters. The van der Waals surface area contributed by atoms with Gasteiger partial charge in [0.25, 0.3) is 12.5 Å². The van der Waals surface area contributed by atoms with E-state index in [2.05, 4.69) is 0 Å². The van der Waals surface area contributed by atoms with Crippen LogP contribution >= 0.6 is 0 Å². The topological polar surface area (TPSA) is 88.0 Å². The molecule has 0 saturated carbocycles. The summed E-state index contributed by atoms with van der Waals surface area (Å²) in [5.74, 6) is 0. The molecule has 2 N–H and O–H groups in total. The van der Waals surface area contributed by atoms with Gasteiger partial charge >= 0.3 is 21.7 Å². The zero-order chi connectivity index (χ0) is 12.5. The molecule has 5 heteroatoms. The third-order valence-electron chi connectivity index (χ3n) is 1.11. The molecule has 2 rings (SSSR count). The molecule has 2 aromatic rings. The van der Waals surface area contributed by atoms with Crippen LogP contribution in [-0.2, 0) is 21.7 Å². The van der Waals surface area contributed by atoms with E-state index in [1.54, 1.807) is 0 Å². The minimum atomic E-state index is 0. The minimum Gasteiger partial charge on any atom is -0.443 e. The van der Waals surface area contributed by atoms with Gasteiger partial charge in [0.05, 0.1) is 0 Å². The molecule has 4 nitrogen and oxygen atoms in total. The summed E-state index contributed by atoms with van der Waals surface area (Å²) in [6.07, 6.45) is 1.50. The van der Waals surface area contributed by atoms with Crippen LogP contribution in [0.4, 0.5) is 0 Å². The SMILES string of the molecule is N#CO.N#CO.[Ti+2].c1cc[cH-]c1.c1cc[cH-]c1. The molecule has 0 fully saturated rings. The summed E-state index contributed by atoms with van der Waals surface area (Å²) < 4.78 is 0. The number of nitrogens with zero attached hydrogens (tertiary/aromatic N) is 2. The molecule has 0 aromatic heterocycles. The van der Waals surface area contributed by atoms with Crippen LogP contribution in [0.1, 0.15) is 0 Å². The monoisotopic (exact) mass is 264 g/mol. The zero-order valence-corrected chi connectivity index (χ0v) is 10.6. The fraction of sp³-hybridized carbons (Fsp3) is 0. The van der Waals surface area contributed by atoms with E-state index in [-0.39, 0.29) is 21.7 Å². The standard InChI is InChI=1S/2C5H5.2CHNO.Ti/c2*1-2-4-5-3-1;2*2-1-3;/h2*1-5H;2*3H;/q2*-1;;;+2. The van der Waals surface area contributed by atoms with Gasteiger partial charge in [0.1, 0.15) is 0 Å². The number of hydrogen-bond acceptors (Lipinski definition) is 4. The average molecular weight is 264 g/mol.